The van der Waals surface area contributed by atoms with Gasteiger partial charge in [0.1, 0.15) is 22.5 Å². The van der Waals surface area contributed by atoms with E-state index in [4.69, 9.17) is 23.2 Å². The normalized spacial score (nSPS) is 11.2. The largest absolute Gasteiger partial charge is 0.359 e. The van der Waals surface area contributed by atoms with Crippen molar-refractivity contribution in [3.63, 3.8) is 0 Å². The highest BCUT2D eigenvalue weighted by Gasteiger charge is 2.10. The Morgan fingerprint density at radius 3 is 2.68 bits per heavy atom. The molecule has 0 radical (unpaired) electrons. The Morgan fingerprint density at radius 2 is 1.96 bits per heavy atom. The minimum Gasteiger partial charge on any atom is -0.359 e. The first-order valence-electron chi connectivity index (χ1n) is 7.11. The van der Waals surface area contributed by atoms with Gasteiger partial charge in [0.15, 0.2) is 0 Å². The molecule has 0 aliphatic heterocycles. The van der Waals surface area contributed by atoms with E-state index in [1.807, 2.05) is 5.38 Å². The van der Waals surface area contributed by atoms with Gasteiger partial charge in [-0.15, -0.1) is 11.3 Å². The second-order valence-corrected chi connectivity index (χ2v) is 6.60. The van der Waals surface area contributed by atoms with Crippen LogP contribution in [0.4, 0.5) is 10.1 Å². The lowest BCUT2D eigenvalue weighted by atomic mass is 10.2. The van der Waals surface area contributed by atoms with Crippen LogP contribution in [0.1, 0.15) is 5.01 Å². The van der Waals surface area contributed by atoms with Crippen LogP contribution in [0.5, 0.6) is 0 Å². The molecule has 0 bridgehead atoms. The Bertz CT molecular complexity index is 975. The minimum absolute atomic E-state index is 0.306. The fourth-order valence-electron chi connectivity index (χ4n) is 2.06. The standard InChI is InChI=1S/C18H10Cl2FN3S/c19-14-2-1-3-15(17(14)20)23-9-12(8-22)18-24-16(10-25-18)11-4-6-13(21)7-5-11/h1-7,9-10,23H. The van der Waals surface area contributed by atoms with Crippen LogP contribution in [0.15, 0.2) is 54.0 Å². The van der Waals surface area contributed by atoms with Crippen molar-refractivity contribution in [2.45, 2.75) is 0 Å². The first-order valence-corrected chi connectivity index (χ1v) is 8.74. The van der Waals surface area contributed by atoms with Crippen molar-refractivity contribution in [3.8, 4) is 17.3 Å². The van der Waals surface area contributed by atoms with Crippen molar-refractivity contribution >= 4 is 45.8 Å². The summed E-state index contributed by atoms with van der Waals surface area (Å²) in [6, 6.07) is 13.3. The number of nitriles is 1. The summed E-state index contributed by atoms with van der Waals surface area (Å²) in [4.78, 5) is 4.44. The van der Waals surface area contributed by atoms with E-state index in [2.05, 4.69) is 16.4 Å². The van der Waals surface area contributed by atoms with Crippen molar-refractivity contribution in [2.24, 2.45) is 0 Å². The van der Waals surface area contributed by atoms with E-state index in [0.29, 0.717) is 32.0 Å². The van der Waals surface area contributed by atoms with Crippen LogP contribution in [-0.4, -0.2) is 4.98 Å². The molecule has 0 spiro atoms. The minimum atomic E-state index is -0.306. The molecule has 0 atom stereocenters. The highest BCUT2D eigenvalue weighted by Crippen LogP contribution is 2.30. The van der Waals surface area contributed by atoms with Gasteiger partial charge in [-0.1, -0.05) is 29.3 Å². The molecule has 2 aromatic carbocycles. The highest BCUT2D eigenvalue weighted by atomic mass is 35.5. The maximum absolute atomic E-state index is 13.0. The lowest BCUT2D eigenvalue weighted by Crippen LogP contribution is -1.92. The fourth-order valence-corrected chi connectivity index (χ4v) is 3.21. The number of rotatable bonds is 4. The molecule has 3 rings (SSSR count). The molecule has 0 unspecified atom stereocenters. The van der Waals surface area contributed by atoms with E-state index in [1.54, 1.807) is 30.3 Å². The molecule has 0 saturated heterocycles. The van der Waals surface area contributed by atoms with Gasteiger partial charge in [-0.25, -0.2) is 9.37 Å². The summed E-state index contributed by atoms with van der Waals surface area (Å²) in [5.41, 5.74) is 2.42. The van der Waals surface area contributed by atoms with Gasteiger partial charge < -0.3 is 5.32 Å². The maximum Gasteiger partial charge on any atom is 0.136 e. The summed E-state index contributed by atoms with van der Waals surface area (Å²) in [7, 11) is 0. The van der Waals surface area contributed by atoms with Gasteiger partial charge in [0.2, 0.25) is 0 Å². The molecule has 3 nitrogen and oxygen atoms in total. The third kappa shape index (κ3) is 3.99. The molecule has 3 aromatic rings. The quantitative estimate of drug-likeness (QED) is 0.537. The Balaban J connectivity index is 1.85. The molecular formula is C18H10Cl2FN3S. The summed E-state index contributed by atoms with van der Waals surface area (Å²) in [5, 5.41) is 15.5. The van der Waals surface area contributed by atoms with E-state index in [9.17, 15) is 9.65 Å². The molecule has 124 valence electrons. The van der Waals surface area contributed by atoms with Crippen LogP contribution in [0.25, 0.3) is 16.8 Å². The number of thiazole rings is 1. The lowest BCUT2D eigenvalue weighted by molar-refractivity contribution is 0.628. The Kier molecular flexibility index (Phi) is 5.34. The summed E-state index contributed by atoms with van der Waals surface area (Å²) >= 11 is 13.4. The van der Waals surface area contributed by atoms with Gasteiger partial charge in [-0.05, 0) is 36.4 Å². The van der Waals surface area contributed by atoms with Gasteiger partial charge in [0.05, 0.1) is 21.4 Å². The van der Waals surface area contributed by atoms with Gasteiger partial charge in [-0.2, -0.15) is 5.26 Å². The molecule has 7 heteroatoms. The number of nitrogens with zero attached hydrogens (tertiary/aromatic N) is 2. The van der Waals surface area contributed by atoms with Crippen molar-refractivity contribution in [1.29, 1.82) is 5.26 Å². The van der Waals surface area contributed by atoms with Crippen LogP contribution in [0, 0.1) is 17.1 Å². The smallest absolute Gasteiger partial charge is 0.136 e. The van der Waals surface area contributed by atoms with Gasteiger partial charge in [-0.3, -0.25) is 0 Å². The Labute approximate surface area is 158 Å². The average molecular weight is 390 g/mol. The third-order valence-corrected chi connectivity index (χ3v) is 5.01. The lowest BCUT2D eigenvalue weighted by Gasteiger charge is -2.05. The van der Waals surface area contributed by atoms with Gasteiger partial charge >= 0.3 is 0 Å². The Hall–Kier alpha value is -2.39. The SMILES string of the molecule is N#CC(=CNc1cccc(Cl)c1Cl)c1nc(-c2ccc(F)cc2)cs1. The zero-order valence-electron chi connectivity index (χ0n) is 12.6. The second-order valence-electron chi connectivity index (χ2n) is 4.96. The number of nitrogens with one attached hydrogen (secondary N) is 1. The number of allylic oxidation sites excluding steroid dienone is 1. The molecule has 25 heavy (non-hydrogen) atoms. The van der Waals surface area contributed by atoms with Crippen molar-refractivity contribution < 1.29 is 4.39 Å². The zero-order valence-corrected chi connectivity index (χ0v) is 15.0. The summed E-state index contributed by atoms with van der Waals surface area (Å²) < 4.78 is 13.0. The predicted octanol–water partition coefficient (Wildman–Crippen LogP) is 6.23. The van der Waals surface area contributed by atoms with E-state index >= 15 is 0 Å². The number of hydrogen-bond donors (Lipinski definition) is 1. The van der Waals surface area contributed by atoms with Crippen molar-refractivity contribution in [3.05, 3.63) is 74.9 Å². The highest BCUT2D eigenvalue weighted by molar-refractivity contribution is 7.11. The van der Waals surface area contributed by atoms with E-state index < -0.39 is 0 Å². The monoisotopic (exact) mass is 389 g/mol. The number of halogens is 3. The molecule has 0 saturated carbocycles. The first kappa shape index (κ1) is 17.4. The summed E-state index contributed by atoms with van der Waals surface area (Å²) in [6.45, 7) is 0. The third-order valence-electron chi connectivity index (χ3n) is 3.32. The number of benzene rings is 2. The van der Waals surface area contributed by atoms with Crippen molar-refractivity contribution in [2.75, 3.05) is 5.32 Å². The van der Waals surface area contributed by atoms with E-state index in [0.717, 1.165) is 5.56 Å². The van der Waals surface area contributed by atoms with Crippen LogP contribution in [-0.2, 0) is 0 Å². The average Bonchev–Trinajstić information content (AvgIpc) is 3.09. The molecule has 0 aliphatic rings. The number of aromatic nitrogens is 1. The molecular weight excluding hydrogens is 380 g/mol. The Morgan fingerprint density at radius 1 is 1.20 bits per heavy atom. The van der Waals surface area contributed by atoms with E-state index in [1.165, 1.54) is 29.7 Å². The molecule has 0 amide bonds. The summed E-state index contributed by atoms with van der Waals surface area (Å²) in [6.07, 6.45) is 1.53. The van der Waals surface area contributed by atoms with Gasteiger partial charge in [0.25, 0.3) is 0 Å². The first-order chi connectivity index (χ1) is 12.1. The zero-order chi connectivity index (χ0) is 17.8. The van der Waals surface area contributed by atoms with Gasteiger partial charge in [0, 0.05) is 17.1 Å². The topological polar surface area (TPSA) is 48.7 Å². The van der Waals surface area contributed by atoms with Crippen LogP contribution >= 0.6 is 34.5 Å². The van der Waals surface area contributed by atoms with Crippen LogP contribution in [0.3, 0.4) is 0 Å². The number of hydrogen-bond acceptors (Lipinski definition) is 4. The van der Waals surface area contributed by atoms with E-state index in [-0.39, 0.29) is 5.82 Å². The molecule has 1 heterocycles. The molecule has 1 N–H and O–H groups in total. The van der Waals surface area contributed by atoms with Crippen LogP contribution in [0.2, 0.25) is 10.0 Å². The van der Waals surface area contributed by atoms with Crippen LogP contribution < -0.4 is 5.32 Å². The predicted molar refractivity (Wildman–Crippen MR) is 101 cm³/mol. The molecule has 0 fully saturated rings. The fraction of sp³-hybridized carbons (Fsp3) is 0. The summed E-state index contributed by atoms with van der Waals surface area (Å²) in [5.74, 6) is -0.306. The molecule has 0 aliphatic carbocycles. The maximum atomic E-state index is 13.0. The molecule has 1 aromatic heterocycles. The number of anilines is 1. The second kappa shape index (κ2) is 7.66. The van der Waals surface area contributed by atoms with Crippen molar-refractivity contribution in [1.82, 2.24) is 4.98 Å².